The van der Waals surface area contributed by atoms with Gasteiger partial charge in [-0.3, -0.25) is 14.4 Å². The molecule has 2 aromatic rings. The van der Waals surface area contributed by atoms with Gasteiger partial charge in [0, 0.05) is 30.6 Å². The molecule has 5 rings (SSSR count). The van der Waals surface area contributed by atoms with E-state index < -0.39 is 0 Å². The maximum absolute atomic E-state index is 13.1. The van der Waals surface area contributed by atoms with Crippen LogP contribution in [0.1, 0.15) is 93.0 Å². The van der Waals surface area contributed by atoms with E-state index in [1.807, 2.05) is 0 Å². The molecule has 32 heavy (non-hydrogen) atoms. The van der Waals surface area contributed by atoms with Crippen molar-refractivity contribution < 1.29 is 9.53 Å². The van der Waals surface area contributed by atoms with E-state index in [2.05, 4.69) is 41.7 Å². The van der Waals surface area contributed by atoms with Crippen LogP contribution in [0.2, 0.25) is 0 Å². The Morgan fingerprint density at radius 1 is 1.03 bits per heavy atom. The summed E-state index contributed by atoms with van der Waals surface area (Å²) in [6.07, 6.45) is 11.4. The monoisotopic (exact) mass is 458 g/mol. The molecule has 2 aliphatic carbocycles. The number of aryl methyl sites for hydroxylation is 1. The number of carbonyl (C=O) groups excluding carboxylic acids is 1. The number of amides is 1. The Morgan fingerprint density at radius 3 is 2.41 bits per heavy atom. The number of nitrogens with zero attached hydrogens (tertiary/aromatic N) is 3. The highest BCUT2D eigenvalue weighted by Gasteiger charge is 2.32. The van der Waals surface area contributed by atoms with Crippen LogP contribution in [-0.4, -0.2) is 58.0 Å². The summed E-state index contributed by atoms with van der Waals surface area (Å²) in [5.74, 6) is 0.0952. The third-order valence-electron chi connectivity index (χ3n) is 7.71. The molecule has 0 bridgehead atoms. The van der Waals surface area contributed by atoms with Gasteiger partial charge in [-0.05, 0) is 65.4 Å². The molecule has 2 saturated carbocycles. The first-order valence-corrected chi connectivity index (χ1v) is 13.5. The van der Waals surface area contributed by atoms with Crippen molar-refractivity contribution in [2.75, 3.05) is 13.1 Å². The van der Waals surface area contributed by atoms with Crippen LogP contribution in [-0.2, 0) is 4.74 Å². The fraction of sp³-hybridized carbons (Fsp3) is 0.760. The Hall–Kier alpha value is -1.44. The Kier molecular flexibility index (Phi) is 6.59. The van der Waals surface area contributed by atoms with E-state index >= 15 is 0 Å². The molecule has 2 aromatic heterocycles. The summed E-state index contributed by atoms with van der Waals surface area (Å²) in [6.45, 7) is 8.49. The topological polar surface area (TPSA) is 59.4 Å². The van der Waals surface area contributed by atoms with Crippen molar-refractivity contribution in [2.45, 2.75) is 109 Å². The van der Waals surface area contributed by atoms with Crippen LogP contribution in [0.5, 0.6) is 0 Å². The Morgan fingerprint density at radius 2 is 1.72 bits per heavy atom. The lowest BCUT2D eigenvalue weighted by molar-refractivity contribution is -0.0845. The van der Waals surface area contributed by atoms with Crippen molar-refractivity contribution >= 4 is 27.5 Å². The number of hydrogen-bond acceptors (Lipinski definition) is 5. The second-order valence-corrected chi connectivity index (χ2v) is 11.4. The van der Waals surface area contributed by atoms with Crippen molar-refractivity contribution in [1.82, 2.24) is 20.0 Å². The van der Waals surface area contributed by atoms with Crippen molar-refractivity contribution in [3.8, 4) is 0 Å². The molecule has 0 aromatic carbocycles. The summed E-state index contributed by atoms with van der Waals surface area (Å²) in [7, 11) is 0. The van der Waals surface area contributed by atoms with Gasteiger partial charge in [0.2, 0.25) is 0 Å². The Balaban J connectivity index is 1.20. The summed E-state index contributed by atoms with van der Waals surface area (Å²) in [4.78, 5) is 17.7. The molecule has 2 atom stereocenters. The first-order valence-electron chi connectivity index (χ1n) is 12.7. The highest BCUT2D eigenvalue weighted by molar-refractivity contribution is 7.20. The number of rotatable bonds is 4. The lowest BCUT2D eigenvalue weighted by Gasteiger charge is -2.42. The van der Waals surface area contributed by atoms with E-state index in [9.17, 15) is 4.79 Å². The second-order valence-electron chi connectivity index (χ2n) is 10.3. The van der Waals surface area contributed by atoms with Gasteiger partial charge in [-0.1, -0.05) is 19.3 Å². The second kappa shape index (κ2) is 9.43. The normalized spacial score (nSPS) is 30.6. The number of carbonyl (C=O) groups is 1. The van der Waals surface area contributed by atoms with Gasteiger partial charge in [0.1, 0.15) is 4.83 Å². The molecule has 7 heteroatoms. The minimum atomic E-state index is 0.0952. The molecule has 1 N–H and O–H groups in total. The molecular weight excluding hydrogens is 420 g/mol. The smallest absolute Gasteiger partial charge is 0.261 e. The number of ether oxygens (including phenoxy) is 1. The zero-order valence-electron chi connectivity index (χ0n) is 19.8. The SMILES string of the molecule is Cc1nn(C2CCCCC2)c2sc(C(=O)N[C@H]3CC[C@@H](N4C[C@@H](C)O[C@@H](C)C4)CC3)cc12. The molecule has 0 unspecified atom stereocenters. The standard InChI is InChI=1S/C25H38N4O2S/c1-16-14-28(15-17(2)31-16)20-11-9-19(10-12-20)26-24(30)23-13-22-18(3)27-29(25(22)32-23)21-7-5-4-6-8-21/h13,16-17,19-21H,4-12,14-15H2,1-3H3,(H,26,30)/t16-,17+,19-,20+. The van der Waals surface area contributed by atoms with Crippen LogP contribution < -0.4 is 5.32 Å². The minimum Gasteiger partial charge on any atom is -0.373 e. The van der Waals surface area contributed by atoms with Crippen LogP contribution in [0.4, 0.5) is 0 Å². The third-order valence-corrected chi connectivity index (χ3v) is 8.83. The predicted octanol–water partition coefficient (Wildman–Crippen LogP) is 5.06. The van der Waals surface area contributed by atoms with E-state index in [0.717, 1.165) is 54.7 Å². The zero-order valence-corrected chi connectivity index (χ0v) is 20.6. The number of aromatic nitrogens is 2. The van der Waals surface area contributed by atoms with Crippen molar-refractivity contribution in [1.29, 1.82) is 0 Å². The average molecular weight is 459 g/mol. The van der Waals surface area contributed by atoms with Crippen molar-refractivity contribution in [2.24, 2.45) is 0 Å². The molecular formula is C25H38N4O2S. The van der Waals surface area contributed by atoms with E-state index in [1.165, 1.54) is 36.9 Å². The van der Waals surface area contributed by atoms with Crippen LogP contribution in [0.3, 0.4) is 0 Å². The summed E-state index contributed by atoms with van der Waals surface area (Å²) in [6, 6.07) is 3.48. The average Bonchev–Trinajstić information content (AvgIpc) is 3.35. The number of nitrogens with one attached hydrogen (secondary N) is 1. The van der Waals surface area contributed by atoms with E-state index in [0.29, 0.717) is 24.3 Å². The fourth-order valence-electron chi connectivity index (χ4n) is 6.11. The molecule has 1 amide bonds. The predicted molar refractivity (Wildman–Crippen MR) is 130 cm³/mol. The van der Waals surface area contributed by atoms with Gasteiger partial charge >= 0.3 is 0 Å². The zero-order chi connectivity index (χ0) is 22.2. The highest BCUT2D eigenvalue weighted by Crippen LogP contribution is 2.35. The molecule has 3 fully saturated rings. The summed E-state index contributed by atoms with van der Waals surface area (Å²) < 4.78 is 8.12. The molecule has 1 saturated heterocycles. The maximum atomic E-state index is 13.1. The third kappa shape index (κ3) is 4.62. The van der Waals surface area contributed by atoms with Gasteiger partial charge in [0.05, 0.1) is 28.8 Å². The van der Waals surface area contributed by atoms with Crippen LogP contribution >= 0.6 is 11.3 Å². The first-order chi connectivity index (χ1) is 15.5. The van der Waals surface area contributed by atoms with Gasteiger partial charge < -0.3 is 10.1 Å². The summed E-state index contributed by atoms with van der Waals surface area (Å²) in [5.41, 5.74) is 1.05. The quantitative estimate of drug-likeness (QED) is 0.696. The fourth-order valence-corrected chi connectivity index (χ4v) is 7.25. The number of thiophene rings is 1. The van der Waals surface area contributed by atoms with Gasteiger partial charge in [0.25, 0.3) is 5.91 Å². The molecule has 1 aliphatic heterocycles. The molecule has 3 aliphatic rings. The first kappa shape index (κ1) is 22.4. The van der Waals surface area contributed by atoms with Gasteiger partial charge in [-0.15, -0.1) is 11.3 Å². The van der Waals surface area contributed by atoms with Gasteiger partial charge in [-0.25, -0.2) is 0 Å². The molecule has 0 spiro atoms. The summed E-state index contributed by atoms with van der Waals surface area (Å²) in [5, 5.41) is 9.34. The van der Waals surface area contributed by atoms with Gasteiger partial charge in [0.15, 0.2) is 0 Å². The molecule has 0 radical (unpaired) electrons. The summed E-state index contributed by atoms with van der Waals surface area (Å²) >= 11 is 1.63. The lowest BCUT2D eigenvalue weighted by Crippen LogP contribution is -2.52. The van der Waals surface area contributed by atoms with Crippen molar-refractivity contribution in [3.63, 3.8) is 0 Å². The number of fused-ring (bicyclic) bond motifs is 1. The number of morpholine rings is 1. The van der Waals surface area contributed by atoms with Crippen LogP contribution in [0.25, 0.3) is 10.2 Å². The lowest BCUT2D eigenvalue weighted by atomic mass is 9.89. The molecule has 3 heterocycles. The Bertz CT molecular complexity index is 929. The van der Waals surface area contributed by atoms with Crippen LogP contribution in [0.15, 0.2) is 6.07 Å². The highest BCUT2D eigenvalue weighted by atomic mass is 32.1. The van der Waals surface area contributed by atoms with Crippen LogP contribution in [0, 0.1) is 6.92 Å². The minimum absolute atomic E-state index is 0.0952. The van der Waals surface area contributed by atoms with E-state index in [1.54, 1.807) is 11.3 Å². The Labute approximate surface area is 195 Å². The van der Waals surface area contributed by atoms with Crippen molar-refractivity contribution in [3.05, 3.63) is 16.6 Å². The van der Waals surface area contributed by atoms with E-state index in [4.69, 9.17) is 9.84 Å². The van der Waals surface area contributed by atoms with Gasteiger partial charge in [-0.2, -0.15) is 5.10 Å². The van der Waals surface area contributed by atoms with E-state index in [-0.39, 0.29) is 11.9 Å². The number of hydrogen-bond donors (Lipinski definition) is 1. The molecule has 176 valence electrons. The maximum Gasteiger partial charge on any atom is 0.261 e. The largest absolute Gasteiger partial charge is 0.373 e. The molecule has 6 nitrogen and oxygen atoms in total.